The molecule has 2 aromatic rings. The Morgan fingerprint density at radius 3 is 2.17 bits per heavy atom. The topological polar surface area (TPSA) is 73.6 Å². The van der Waals surface area contributed by atoms with Crippen molar-refractivity contribution in [1.29, 1.82) is 0 Å². The highest BCUT2D eigenvalue weighted by Crippen LogP contribution is 2.26. The van der Waals surface area contributed by atoms with Gasteiger partial charge in [0.2, 0.25) is 0 Å². The van der Waals surface area contributed by atoms with E-state index in [0.717, 1.165) is 42.9 Å². The van der Waals surface area contributed by atoms with Crippen molar-refractivity contribution in [3.8, 4) is 11.5 Å². The number of benzene rings is 2. The summed E-state index contributed by atoms with van der Waals surface area (Å²) in [6, 6.07) is 18.1. The molecule has 0 radical (unpaired) electrons. The van der Waals surface area contributed by atoms with Gasteiger partial charge in [0.15, 0.2) is 0 Å². The van der Waals surface area contributed by atoms with Gasteiger partial charge in [0.1, 0.15) is 17.6 Å². The molecule has 1 fully saturated rings. The molecule has 0 aliphatic heterocycles. The van der Waals surface area contributed by atoms with Gasteiger partial charge in [-0.2, -0.15) is 0 Å². The van der Waals surface area contributed by atoms with Gasteiger partial charge in [0.25, 0.3) is 0 Å². The molecule has 0 heterocycles. The number of nitrogens with two attached hydrogens (primary N) is 1. The second-order valence-electron chi connectivity index (χ2n) is 5.99. The summed E-state index contributed by atoms with van der Waals surface area (Å²) in [6.45, 7) is 0. The van der Waals surface area contributed by atoms with Crippen LogP contribution in [0.25, 0.3) is 0 Å². The van der Waals surface area contributed by atoms with Crippen LogP contribution in [0.2, 0.25) is 0 Å². The van der Waals surface area contributed by atoms with E-state index in [-0.39, 0.29) is 6.10 Å². The average Bonchev–Trinajstić information content (AvgIpc) is 2.59. The third-order valence-electron chi connectivity index (χ3n) is 4.16. The van der Waals surface area contributed by atoms with Crippen molar-refractivity contribution in [1.82, 2.24) is 0 Å². The standard InChI is InChI=1S/C19H22N2O3/c20-19(22)24-18-12-8-15(9-13-18)21-14-6-10-17(11-7-14)23-16-4-2-1-3-5-16/h1-7,10-11,15,18,21H,8-9,12-13H2,(H2,20,22). The van der Waals surface area contributed by atoms with E-state index >= 15 is 0 Å². The van der Waals surface area contributed by atoms with Crippen molar-refractivity contribution in [2.45, 2.75) is 37.8 Å². The van der Waals surface area contributed by atoms with Crippen molar-refractivity contribution < 1.29 is 14.3 Å². The molecule has 1 amide bonds. The van der Waals surface area contributed by atoms with Crippen molar-refractivity contribution >= 4 is 11.8 Å². The highest BCUT2D eigenvalue weighted by Gasteiger charge is 2.23. The zero-order valence-electron chi connectivity index (χ0n) is 13.5. The Balaban J connectivity index is 1.49. The van der Waals surface area contributed by atoms with Crippen LogP contribution in [-0.2, 0) is 4.74 Å². The van der Waals surface area contributed by atoms with Crippen molar-refractivity contribution in [2.75, 3.05) is 5.32 Å². The van der Waals surface area contributed by atoms with Crippen LogP contribution in [0.3, 0.4) is 0 Å². The lowest BCUT2D eigenvalue weighted by Crippen LogP contribution is -2.32. The number of rotatable bonds is 5. The number of primary amides is 1. The Labute approximate surface area is 141 Å². The molecule has 0 unspecified atom stereocenters. The van der Waals surface area contributed by atoms with Crippen molar-refractivity contribution in [3.63, 3.8) is 0 Å². The van der Waals surface area contributed by atoms with Crippen LogP contribution in [0.5, 0.6) is 11.5 Å². The molecule has 24 heavy (non-hydrogen) atoms. The first-order valence-electron chi connectivity index (χ1n) is 8.24. The summed E-state index contributed by atoms with van der Waals surface area (Å²) < 4.78 is 10.8. The van der Waals surface area contributed by atoms with Crippen LogP contribution < -0.4 is 15.8 Å². The minimum absolute atomic E-state index is 0.0396. The lowest BCUT2D eigenvalue weighted by molar-refractivity contribution is 0.0806. The molecule has 1 saturated carbocycles. The Bertz CT molecular complexity index is 650. The fourth-order valence-corrected chi connectivity index (χ4v) is 2.97. The summed E-state index contributed by atoms with van der Waals surface area (Å²) in [5, 5.41) is 3.52. The van der Waals surface area contributed by atoms with E-state index in [9.17, 15) is 4.79 Å². The first kappa shape index (κ1) is 16.2. The Kier molecular flexibility index (Phi) is 5.21. The van der Waals surface area contributed by atoms with E-state index in [1.807, 2.05) is 54.6 Å². The van der Waals surface area contributed by atoms with Crippen LogP contribution in [0.1, 0.15) is 25.7 Å². The van der Waals surface area contributed by atoms with Crippen LogP contribution in [-0.4, -0.2) is 18.2 Å². The molecule has 1 aliphatic carbocycles. The molecule has 126 valence electrons. The van der Waals surface area contributed by atoms with Gasteiger partial charge in [0.05, 0.1) is 0 Å². The number of hydrogen-bond acceptors (Lipinski definition) is 4. The third-order valence-corrected chi connectivity index (χ3v) is 4.16. The molecule has 3 rings (SSSR count). The number of anilines is 1. The molecule has 5 heteroatoms. The quantitative estimate of drug-likeness (QED) is 0.859. The third kappa shape index (κ3) is 4.65. The minimum Gasteiger partial charge on any atom is -0.457 e. The minimum atomic E-state index is -0.680. The number of nitrogens with one attached hydrogen (secondary N) is 1. The van der Waals surface area contributed by atoms with Crippen molar-refractivity contribution in [3.05, 3.63) is 54.6 Å². The molecule has 5 nitrogen and oxygen atoms in total. The maximum Gasteiger partial charge on any atom is 0.404 e. The monoisotopic (exact) mass is 326 g/mol. The molecular formula is C19H22N2O3. The lowest BCUT2D eigenvalue weighted by Gasteiger charge is -2.29. The van der Waals surface area contributed by atoms with Gasteiger partial charge in [-0.05, 0) is 62.1 Å². The van der Waals surface area contributed by atoms with Gasteiger partial charge in [-0.1, -0.05) is 18.2 Å². The van der Waals surface area contributed by atoms with Crippen LogP contribution >= 0.6 is 0 Å². The summed E-state index contributed by atoms with van der Waals surface area (Å²) in [6.07, 6.45) is 2.88. The fraction of sp³-hybridized carbons (Fsp3) is 0.316. The van der Waals surface area contributed by atoms with E-state index in [2.05, 4.69) is 5.32 Å². The van der Waals surface area contributed by atoms with Gasteiger partial charge in [-0.3, -0.25) is 0 Å². The average molecular weight is 326 g/mol. The number of amides is 1. The molecular weight excluding hydrogens is 304 g/mol. The zero-order valence-corrected chi connectivity index (χ0v) is 13.5. The van der Waals surface area contributed by atoms with E-state index in [1.54, 1.807) is 0 Å². The normalized spacial score (nSPS) is 20.2. The summed E-state index contributed by atoms with van der Waals surface area (Å²) in [7, 11) is 0. The zero-order chi connectivity index (χ0) is 16.8. The Morgan fingerprint density at radius 2 is 1.54 bits per heavy atom. The number of ether oxygens (including phenoxy) is 2. The molecule has 3 N–H and O–H groups in total. The summed E-state index contributed by atoms with van der Waals surface area (Å²) in [4.78, 5) is 10.8. The number of para-hydroxylation sites is 1. The number of carbonyl (C=O) groups is 1. The maximum absolute atomic E-state index is 10.8. The first-order chi connectivity index (χ1) is 11.7. The smallest absolute Gasteiger partial charge is 0.404 e. The van der Waals surface area contributed by atoms with Gasteiger partial charge in [-0.15, -0.1) is 0 Å². The van der Waals surface area contributed by atoms with Gasteiger partial charge >= 0.3 is 6.09 Å². The van der Waals surface area contributed by atoms with E-state index in [1.165, 1.54) is 0 Å². The van der Waals surface area contributed by atoms with E-state index in [0.29, 0.717) is 6.04 Å². The van der Waals surface area contributed by atoms with Gasteiger partial charge in [0, 0.05) is 11.7 Å². The molecule has 2 aromatic carbocycles. The summed E-state index contributed by atoms with van der Waals surface area (Å²) >= 11 is 0. The van der Waals surface area contributed by atoms with Gasteiger partial charge in [-0.25, -0.2) is 4.79 Å². The lowest BCUT2D eigenvalue weighted by atomic mass is 9.93. The second kappa shape index (κ2) is 7.73. The van der Waals surface area contributed by atoms with Crippen LogP contribution in [0.4, 0.5) is 10.5 Å². The van der Waals surface area contributed by atoms with Crippen molar-refractivity contribution in [2.24, 2.45) is 5.73 Å². The fourth-order valence-electron chi connectivity index (χ4n) is 2.97. The maximum atomic E-state index is 10.8. The highest BCUT2D eigenvalue weighted by atomic mass is 16.6. The largest absolute Gasteiger partial charge is 0.457 e. The van der Waals surface area contributed by atoms with Crippen LogP contribution in [0, 0.1) is 0 Å². The molecule has 0 saturated heterocycles. The molecule has 1 aliphatic rings. The van der Waals surface area contributed by atoms with Crippen LogP contribution in [0.15, 0.2) is 54.6 Å². The summed E-state index contributed by atoms with van der Waals surface area (Å²) in [5.74, 6) is 1.64. The Hall–Kier alpha value is -2.69. The predicted octanol–water partition coefficient (Wildman–Crippen LogP) is 4.30. The van der Waals surface area contributed by atoms with E-state index < -0.39 is 6.09 Å². The predicted molar refractivity (Wildman–Crippen MR) is 93.3 cm³/mol. The first-order valence-corrected chi connectivity index (χ1v) is 8.24. The summed E-state index contributed by atoms with van der Waals surface area (Å²) in [5.41, 5.74) is 6.13. The SMILES string of the molecule is NC(=O)OC1CCC(Nc2ccc(Oc3ccccc3)cc2)CC1. The van der Waals surface area contributed by atoms with E-state index in [4.69, 9.17) is 15.2 Å². The molecule has 0 aromatic heterocycles. The van der Waals surface area contributed by atoms with Gasteiger partial charge < -0.3 is 20.5 Å². The number of carbonyl (C=O) groups excluding carboxylic acids is 1. The molecule has 0 bridgehead atoms. The molecule has 0 spiro atoms. The highest BCUT2D eigenvalue weighted by molar-refractivity contribution is 5.64. The number of hydrogen-bond donors (Lipinski definition) is 2. The second-order valence-corrected chi connectivity index (χ2v) is 5.99. The molecule has 0 atom stereocenters. The Morgan fingerprint density at radius 1 is 0.917 bits per heavy atom.